The van der Waals surface area contributed by atoms with Crippen LogP contribution in [0.5, 0.6) is 5.75 Å². The maximum Gasteiger partial charge on any atom is 0.242 e. The number of carbonyl (C=O) groups is 1. The van der Waals surface area contributed by atoms with Crippen LogP contribution in [0.25, 0.3) is 0 Å². The van der Waals surface area contributed by atoms with Crippen molar-refractivity contribution in [2.24, 2.45) is 4.99 Å². The SMILES string of the molecule is CCNC(=NCC(=O)NCc1ccccc1)NCCc1cc(C)ccc1OC.I. The first-order valence-corrected chi connectivity index (χ1v) is 9.58. The molecule has 7 heteroatoms. The van der Waals surface area contributed by atoms with Crippen LogP contribution in [0, 0.1) is 6.92 Å². The molecule has 0 unspecified atom stereocenters. The van der Waals surface area contributed by atoms with Crippen molar-refractivity contribution < 1.29 is 9.53 Å². The summed E-state index contributed by atoms with van der Waals surface area (Å²) >= 11 is 0. The van der Waals surface area contributed by atoms with Crippen molar-refractivity contribution in [2.45, 2.75) is 26.8 Å². The van der Waals surface area contributed by atoms with E-state index in [1.807, 2.05) is 49.4 Å². The number of rotatable bonds is 9. The maximum atomic E-state index is 12.1. The molecule has 0 aliphatic carbocycles. The van der Waals surface area contributed by atoms with Gasteiger partial charge in [-0.25, -0.2) is 4.99 Å². The summed E-state index contributed by atoms with van der Waals surface area (Å²) in [5.41, 5.74) is 3.41. The van der Waals surface area contributed by atoms with E-state index in [2.05, 4.69) is 33.9 Å². The average Bonchev–Trinajstić information content (AvgIpc) is 2.71. The van der Waals surface area contributed by atoms with Gasteiger partial charge in [0.15, 0.2) is 5.96 Å². The number of aryl methyl sites for hydroxylation is 1. The fourth-order valence-corrected chi connectivity index (χ4v) is 2.76. The van der Waals surface area contributed by atoms with E-state index in [1.165, 1.54) is 5.56 Å². The number of nitrogens with one attached hydrogen (secondary N) is 3. The highest BCUT2D eigenvalue weighted by molar-refractivity contribution is 14.0. The predicted octanol–water partition coefficient (Wildman–Crippen LogP) is 3.04. The van der Waals surface area contributed by atoms with Gasteiger partial charge >= 0.3 is 0 Å². The highest BCUT2D eigenvalue weighted by Crippen LogP contribution is 2.19. The molecule has 0 fully saturated rings. The van der Waals surface area contributed by atoms with Crippen molar-refractivity contribution in [3.05, 3.63) is 65.2 Å². The van der Waals surface area contributed by atoms with Gasteiger partial charge in [-0.15, -0.1) is 24.0 Å². The Labute approximate surface area is 190 Å². The average molecular weight is 510 g/mol. The first-order valence-electron chi connectivity index (χ1n) is 9.58. The van der Waals surface area contributed by atoms with Crippen molar-refractivity contribution in [3.8, 4) is 5.75 Å². The number of aliphatic imine (C=N–C) groups is 1. The minimum absolute atomic E-state index is 0. The highest BCUT2D eigenvalue weighted by atomic mass is 127. The molecule has 2 aromatic rings. The molecule has 0 atom stereocenters. The van der Waals surface area contributed by atoms with E-state index in [0.717, 1.165) is 29.8 Å². The zero-order valence-corrected chi connectivity index (χ0v) is 19.7. The van der Waals surface area contributed by atoms with Crippen LogP contribution in [-0.4, -0.2) is 38.6 Å². The van der Waals surface area contributed by atoms with Crippen molar-refractivity contribution in [1.29, 1.82) is 0 Å². The molecule has 0 radical (unpaired) electrons. The second-order valence-corrected chi connectivity index (χ2v) is 6.45. The molecule has 6 nitrogen and oxygen atoms in total. The standard InChI is InChI=1S/C22H30N4O2.HI/c1-4-23-22(24-13-12-19-14-17(2)10-11-20(19)28-3)26-16-21(27)25-15-18-8-6-5-7-9-18;/h5-11,14H,4,12-13,15-16H2,1-3H3,(H,25,27)(H2,23,24,26);1H. The molecular weight excluding hydrogens is 479 g/mol. The third-order valence-corrected chi connectivity index (χ3v) is 4.18. The summed E-state index contributed by atoms with van der Waals surface area (Å²) in [4.78, 5) is 16.4. The highest BCUT2D eigenvalue weighted by Gasteiger charge is 2.05. The van der Waals surface area contributed by atoms with Gasteiger partial charge in [0.2, 0.25) is 5.91 Å². The van der Waals surface area contributed by atoms with Gasteiger partial charge in [-0.3, -0.25) is 4.79 Å². The molecule has 0 aliphatic rings. The van der Waals surface area contributed by atoms with Crippen molar-refractivity contribution in [2.75, 3.05) is 26.7 Å². The van der Waals surface area contributed by atoms with Crippen molar-refractivity contribution in [1.82, 2.24) is 16.0 Å². The van der Waals surface area contributed by atoms with E-state index < -0.39 is 0 Å². The summed E-state index contributed by atoms with van der Waals surface area (Å²) in [6.45, 7) is 6.07. The fraction of sp³-hybridized carbons (Fsp3) is 0.364. The topological polar surface area (TPSA) is 74.8 Å². The van der Waals surface area contributed by atoms with E-state index >= 15 is 0 Å². The van der Waals surface area contributed by atoms with Crippen LogP contribution in [-0.2, 0) is 17.8 Å². The number of guanidine groups is 1. The summed E-state index contributed by atoms with van der Waals surface area (Å²) in [6, 6.07) is 16.0. The zero-order chi connectivity index (χ0) is 20.2. The largest absolute Gasteiger partial charge is 0.496 e. The molecule has 2 rings (SSSR count). The van der Waals surface area contributed by atoms with E-state index in [4.69, 9.17) is 4.74 Å². The number of carbonyl (C=O) groups excluding carboxylic acids is 1. The van der Waals surface area contributed by atoms with E-state index in [-0.39, 0.29) is 36.4 Å². The first-order chi connectivity index (χ1) is 13.6. The van der Waals surface area contributed by atoms with Gasteiger partial charge in [0.05, 0.1) is 7.11 Å². The molecule has 0 saturated heterocycles. The summed E-state index contributed by atoms with van der Waals surface area (Å²) in [7, 11) is 1.68. The number of halogens is 1. The lowest BCUT2D eigenvalue weighted by Gasteiger charge is -2.13. The Bertz CT molecular complexity index is 782. The van der Waals surface area contributed by atoms with Gasteiger partial charge in [-0.2, -0.15) is 0 Å². The maximum absolute atomic E-state index is 12.1. The molecule has 0 saturated carbocycles. The molecular formula is C22H31IN4O2. The Morgan fingerprint density at radius 3 is 2.52 bits per heavy atom. The number of methoxy groups -OCH3 is 1. The molecule has 0 bridgehead atoms. The van der Waals surface area contributed by atoms with Crippen LogP contribution in [0.2, 0.25) is 0 Å². The smallest absolute Gasteiger partial charge is 0.242 e. The number of ether oxygens (including phenoxy) is 1. The Balaban J connectivity index is 0.00000420. The number of benzene rings is 2. The minimum Gasteiger partial charge on any atom is -0.496 e. The van der Waals surface area contributed by atoms with E-state index in [9.17, 15) is 4.79 Å². The lowest BCUT2D eigenvalue weighted by Crippen LogP contribution is -2.39. The summed E-state index contributed by atoms with van der Waals surface area (Å²) in [5, 5.41) is 9.32. The Kier molecular flexibility index (Phi) is 11.8. The van der Waals surface area contributed by atoms with Gasteiger partial charge in [0.1, 0.15) is 12.3 Å². The number of amides is 1. The normalized spacial score (nSPS) is 10.7. The van der Waals surface area contributed by atoms with Gasteiger partial charge in [-0.1, -0.05) is 48.0 Å². The fourth-order valence-electron chi connectivity index (χ4n) is 2.76. The summed E-state index contributed by atoms with van der Waals surface area (Å²) < 4.78 is 5.42. The lowest BCUT2D eigenvalue weighted by molar-refractivity contribution is -0.119. The van der Waals surface area contributed by atoms with Crippen LogP contribution in [0.15, 0.2) is 53.5 Å². The zero-order valence-electron chi connectivity index (χ0n) is 17.3. The van der Waals surface area contributed by atoms with Crippen LogP contribution in [0.4, 0.5) is 0 Å². The minimum atomic E-state index is -0.110. The molecule has 1 amide bonds. The van der Waals surface area contributed by atoms with Gasteiger partial charge in [-0.05, 0) is 37.5 Å². The van der Waals surface area contributed by atoms with Crippen molar-refractivity contribution >= 4 is 35.8 Å². The third-order valence-electron chi connectivity index (χ3n) is 4.18. The monoisotopic (exact) mass is 510 g/mol. The van der Waals surface area contributed by atoms with Crippen LogP contribution in [0.1, 0.15) is 23.6 Å². The van der Waals surface area contributed by atoms with E-state index in [0.29, 0.717) is 19.0 Å². The quantitative estimate of drug-likeness (QED) is 0.276. The molecule has 0 heterocycles. The Hall–Kier alpha value is -2.29. The van der Waals surface area contributed by atoms with E-state index in [1.54, 1.807) is 7.11 Å². The summed E-state index contributed by atoms with van der Waals surface area (Å²) in [5.74, 6) is 1.40. The molecule has 0 spiro atoms. The third kappa shape index (κ3) is 9.17. The number of hydrogen-bond donors (Lipinski definition) is 3. The molecule has 0 aromatic heterocycles. The molecule has 29 heavy (non-hydrogen) atoms. The van der Waals surface area contributed by atoms with Crippen LogP contribution in [0.3, 0.4) is 0 Å². The molecule has 158 valence electrons. The van der Waals surface area contributed by atoms with Gasteiger partial charge in [0.25, 0.3) is 0 Å². The number of nitrogens with zero attached hydrogens (tertiary/aromatic N) is 1. The Morgan fingerprint density at radius 1 is 1.07 bits per heavy atom. The van der Waals surface area contributed by atoms with Crippen molar-refractivity contribution in [3.63, 3.8) is 0 Å². The first kappa shape index (κ1) is 24.7. The second-order valence-electron chi connectivity index (χ2n) is 6.45. The summed E-state index contributed by atoms with van der Waals surface area (Å²) in [6.07, 6.45) is 0.801. The Morgan fingerprint density at radius 2 is 1.83 bits per heavy atom. The lowest BCUT2D eigenvalue weighted by atomic mass is 10.1. The molecule has 3 N–H and O–H groups in total. The second kappa shape index (κ2) is 13.8. The van der Waals surface area contributed by atoms with Gasteiger partial charge in [0, 0.05) is 19.6 Å². The number of hydrogen-bond acceptors (Lipinski definition) is 3. The molecule has 2 aromatic carbocycles. The molecule has 0 aliphatic heterocycles. The predicted molar refractivity (Wildman–Crippen MR) is 129 cm³/mol. The van der Waals surface area contributed by atoms with Gasteiger partial charge < -0.3 is 20.7 Å². The van der Waals surface area contributed by atoms with Crippen LogP contribution < -0.4 is 20.7 Å². The van der Waals surface area contributed by atoms with Crippen LogP contribution >= 0.6 is 24.0 Å².